The minimum Gasteiger partial charge on any atom is -0.309 e. The van der Waals surface area contributed by atoms with Gasteiger partial charge in [0, 0.05) is 49.1 Å². The van der Waals surface area contributed by atoms with Crippen molar-refractivity contribution in [1.82, 2.24) is 19.1 Å². The van der Waals surface area contributed by atoms with Crippen LogP contribution in [-0.2, 0) is 0 Å². The van der Waals surface area contributed by atoms with E-state index in [4.69, 9.17) is 9.97 Å². The highest BCUT2D eigenvalue weighted by Crippen LogP contribution is 2.42. The summed E-state index contributed by atoms with van der Waals surface area (Å²) < 4.78 is 4.94. The largest absolute Gasteiger partial charge is 0.309 e. The van der Waals surface area contributed by atoms with Gasteiger partial charge in [-0.05, 0) is 93.0 Å². The number of hydrogen-bond acceptors (Lipinski definition) is 2. The predicted octanol–water partition coefficient (Wildman–Crippen LogP) is 15.8. The highest BCUT2D eigenvalue weighted by atomic mass is 15.0. The minimum absolute atomic E-state index is 0.871. The van der Waals surface area contributed by atoms with Crippen LogP contribution in [0.4, 0.5) is 0 Å². The van der Waals surface area contributed by atoms with Crippen LogP contribution < -0.4 is 0 Å². The van der Waals surface area contributed by atoms with Crippen molar-refractivity contribution < 1.29 is 0 Å². The summed E-state index contributed by atoms with van der Waals surface area (Å²) in [5.41, 5.74) is 12.7. The van der Waals surface area contributed by atoms with Crippen molar-refractivity contribution in [3.05, 3.63) is 218 Å². The van der Waals surface area contributed by atoms with Crippen LogP contribution in [0.3, 0.4) is 0 Å². The molecule has 0 amide bonds. The van der Waals surface area contributed by atoms with Crippen molar-refractivity contribution in [2.45, 2.75) is 0 Å². The quantitative estimate of drug-likeness (QED) is 0.177. The molecule has 0 aliphatic heterocycles. The zero-order valence-corrected chi connectivity index (χ0v) is 34.6. The van der Waals surface area contributed by atoms with Gasteiger partial charge in [-0.25, -0.2) is 9.97 Å². The van der Waals surface area contributed by atoms with Gasteiger partial charge in [0.25, 0.3) is 0 Å². The second-order valence-corrected chi connectivity index (χ2v) is 16.9. The zero-order valence-electron chi connectivity index (χ0n) is 34.6. The highest BCUT2D eigenvalue weighted by Gasteiger charge is 2.21. The van der Waals surface area contributed by atoms with E-state index < -0.39 is 0 Å². The molecule has 14 rings (SSSR count). The monoisotopic (exact) mass is 812 g/mol. The van der Waals surface area contributed by atoms with Crippen molar-refractivity contribution in [3.63, 3.8) is 0 Å². The van der Waals surface area contributed by atoms with Crippen molar-refractivity contribution in [3.8, 4) is 33.9 Å². The van der Waals surface area contributed by atoms with E-state index >= 15 is 0 Å². The molecule has 0 aliphatic rings. The van der Waals surface area contributed by atoms with E-state index in [-0.39, 0.29) is 0 Å². The molecular weight excluding hydrogens is 777 g/mol. The van der Waals surface area contributed by atoms with Gasteiger partial charge in [-0.2, -0.15) is 0 Å². The maximum absolute atomic E-state index is 5.33. The third-order valence-corrected chi connectivity index (χ3v) is 13.4. The average molecular weight is 813 g/mol. The van der Waals surface area contributed by atoms with E-state index in [1.807, 2.05) is 12.1 Å². The summed E-state index contributed by atoms with van der Waals surface area (Å²) in [5, 5.41) is 14.5. The summed E-state index contributed by atoms with van der Waals surface area (Å²) in [7, 11) is 0. The maximum Gasteiger partial charge on any atom is 0.0979 e. The Morgan fingerprint density at radius 2 is 0.906 bits per heavy atom. The summed E-state index contributed by atoms with van der Waals surface area (Å²) >= 11 is 0. The van der Waals surface area contributed by atoms with Gasteiger partial charge in [0.1, 0.15) is 0 Å². The molecule has 0 bridgehead atoms. The van der Waals surface area contributed by atoms with Gasteiger partial charge in [0.05, 0.1) is 50.2 Å². The first-order chi connectivity index (χ1) is 31.7. The number of benzene rings is 11. The molecule has 0 radical (unpaired) electrons. The molecule has 11 aromatic carbocycles. The molecule has 3 heterocycles. The van der Waals surface area contributed by atoms with Gasteiger partial charge in [-0.15, -0.1) is 0 Å². The van der Waals surface area contributed by atoms with Crippen LogP contribution >= 0.6 is 0 Å². The van der Waals surface area contributed by atoms with Gasteiger partial charge >= 0.3 is 0 Å². The molecule has 0 N–H and O–H groups in total. The van der Waals surface area contributed by atoms with Crippen LogP contribution in [0.1, 0.15) is 0 Å². The molecule has 0 fully saturated rings. The van der Waals surface area contributed by atoms with E-state index in [0.717, 1.165) is 66.6 Å². The fraction of sp³-hybridized carbons (Fsp3) is 0. The molecule has 0 saturated carbocycles. The average Bonchev–Trinajstić information content (AvgIpc) is 3.86. The summed E-state index contributed by atoms with van der Waals surface area (Å²) in [6, 6.07) is 79.2. The van der Waals surface area contributed by atoms with E-state index in [1.54, 1.807) is 0 Å². The normalized spacial score (nSPS) is 12.1. The third kappa shape index (κ3) is 5.11. The summed E-state index contributed by atoms with van der Waals surface area (Å²) in [5.74, 6) is 0. The standard InChI is InChI=1S/C60H36N4/c1-2-16-40-35-57-50(34-39(40)15-1)51-36-43(63-55-25-10-7-21-47(55)49-31-27-38-14-4-6-20-46(38)60(49)63)29-32-56(51)64(57)54-26-12-18-41-33-42(28-30-45(41)54)58-59(62-53-24-9-8-23-52(53)61-58)48-22-11-17-37-13-3-5-19-44(37)48/h1-36H. The SMILES string of the molecule is c1ccc2cc3c(cc2c1)c1cc(-n2c4ccccc4c4ccc5ccccc5c42)ccc1n3-c1cccc2cc(-c3nc4ccccc4nc3-c3cccc4ccccc34)ccc12. The Labute approximate surface area is 367 Å². The summed E-state index contributed by atoms with van der Waals surface area (Å²) in [4.78, 5) is 10.6. The van der Waals surface area contributed by atoms with Crippen molar-refractivity contribution in [1.29, 1.82) is 0 Å². The van der Waals surface area contributed by atoms with Crippen LogP contribution in [0.2, 0.25) is 0 Å². The number of para-hydroxylation sites is 3. The first-order valence-corrected chi connectivity index (χ1v) is 21.9. The maximum atomic E-state index is 5.33. The van der Waals surface area contributed by atoms with E-state index in [1.165, 1.54) is 65.0 Å². The van der Waals surface area contributed by atoms with Gasteiger partial charge < -0.3 is 9.13 Å². The Balaban J connectivity index is 1.01. The van der Waals surface area contributed by atoms with E-state index in [2.05, 4.69) is 215 Å². The summed E-state index contributed by atoms with van der Waals surface area (Å²) in [6.45, 7) is 0. The van der Waals surface area contributed by atoms with Crippen LogP contribution in [0.15, 0.2) is 218 Å². The molecule has 64 heavy (non-hydrogen) atoms. The number of fused-ring (bicyclic) bond motifs is 12. The first kappa shape index (κ1) is 35.0. The lowest BCUT2D eigenvalue weighted by atomic mass is 9.96. The van der Waals surface area contributed by atoms with Gasteiger partial charge in [0.15, 0.2) is 0 Å². The Hall–Kier alpha value is -8.60. The molecule has 0 spiro atoms. The van der Waals surface area contributed by atoms with Gasteiger partial charge in [-0.3, -0.25) is 0 Å². The second kappa shape index (κ2) is 13.4. The van der Waals surface area contributed by atoms with Gasteiger partial charge in [0.2, 0.25) is 0 Å². The van der Waals surface area contributed by atoms with Crippen molar-refractivity contribution in [2.75, 3.05) is 0 Å². The molecule has 4 nitrogen and oxygen atoms in total. The van der Waals surface area contributed by atoms with Crippen LogP contribution in [0.5, 0.6) is 0 Å². The summed E-state index contributed by atoms with van der Waals surface area (Å²) in [6.07, 6.45) is 0. The molecule has 3 aromatic heterocycles. The zero-order chi connectivity index (χ0) is 41.9. The molecule has 0 saturated heterocycles. The Kier molecular flexibility index (Phi) is 7.36. The molecule has 4 heteroatoms. The van der Waals surface area contributed by atoms with Crippen molar-refractivity contribution in [2.24, 2.45) is 0 Å². The lowest BCUT2D eigenvalue weighted by Crippen LogP contribution is -1.98. The molecular formula is C60H36N4. The second-order valence-electron chi connectivity index (χ2n) is 16.9. The number of rotatable bonds is 4. The fourth-order valence-electron chi connectivity index (χ4n) is 10.5. The Bertz CT molecular complexity index is 4260. The number of aromatic nitrogens is 4. The fourth-order valence-corrected chi connectivity index (χ4v) is 10.5. The predicted molar refractivity (Wildman–Crippen MR) is 269 cm³/mol. The van der Waals surface area contributed by atoms with E-state index in [0.29, 0.717) is 0 Å². The Morgan fingerprint density at radius 1 is 0.297 bits per heavy atom. The lowest BCUT2D eigenvalue weighted by molar-refractivity contribution is 1.18. The Morgan fingerprint density at radius 3 is 1.75 bits per heavy atom. The van der Waals surface area contributed by atoms with Crippen LogP contribution in [-0.4, -0.2) is 19.1 Å². The minimum atomic E-state index is 0.871. The van der Waals surface area contributed by atoms with Crippen LogP contribution in [0.25, 0.3) is 132 Å². The lowest BCUT2D eigenvalue weighted by Gasteiger charge is -2.15. The molecule has 14 aromatic rings. The van der Waals surface area contributed by atoms with Crippen LogP contribution in [0, 0.1) is 0 Å². The number of hydrogen-bond donors (Lipinski definition) is 0. The highest BCUT2D eigenvalue weighted by molar-refractivity contribution is 6.20. The van der Waals surface area contributed by atoms with E-state index in [9.17, 15) is 0 Å². The molecule has 0 atom stereocenters. The van der Waals surface area contributed by atoms with Crippen molar-refractivity contribution >= 4 is 97.7 Å². The molecule has 0 aliphatic carbocycles. The third-order valence-electron chi connectivity index (χ3n) is 13.4. The number of nitrogens with zero attached hydrogens (tertiary/aromatic N) is 4. The first-order valence-electron chi connectivity index (χ1n) is 21.9. The van der Waals surface area contributed by atoms with Gasteiger partial charge in [-0.1, -0.05) is 158 Å². The smallest absolute Gasteiger partial charge is 0.0979 e. The molecule has 0 unspecified atom stereocenters. The topological polar surface area (TPSA) is 35.6 Å². The molecule has 296 valence electrons.